The number of rotatable bonds is 5. The average Bonchev–Trinajstić information content (AvgIpc) is 2.41. The highest BCUT2D eigenvalue weighted by Crippen LogP contribution is 2.33. The van der Waals surface area contributed by atoms with Crippen LogP contribution in [0.4, 0.5) is 0 Å². The Morgan fingerprint density at radius 3 is 2.79 bits per heavy atom. The summed E-state index contributed by atoms with van der Waals surface area (Å²) in [5.74, 6) is 2.97. The molecule has 1 N–H and O–H groups in total. The molecule has 0 spiro atoms. The Morgan fingerprint density at radius 1 is 1.32 bits per heavy atom. The molecule has 1 saturated carbocycles. The third kappa shape index (κ3) is 4.25. The van der Waals surface area contributed by atoms with E-state index in [0.717, 1.165) is 11.8 Å². The topological polar surface area (TPSA) is 12.0 Å². The van der Waals surface area contributed by atoms with E-state index in [2.05, 4.69) is 50.5 Å². The molecule has 19 heavy (non-hydrogen) atoms. The molecule has 2 heteroatoms. The smallest absolute Gasteiger partial charge is 0.0187 e. The molecule has 1 aliphatic rings. The minimum atomic E-state index is 0.660. The van der Waals surface area contributed by atoms with Gasteiger partial charge in [0.15, 0.2) is 0 Å². The number of hydrogen-bond donors (Lipinski definition) is 1. The maximum Gasteiger partial charge on any atom is 0.0187 e. The Balaban J connectivity index is 1.90. The van der Waals surface area contributed by atoms with E-state index in [1.165, 1.54) is 41.9 Å². The van der Waals surface area contributed by atoms with Crippen LogP contribution in [-0.2, 0) is 0 Å². The fourth-order valence-electron chi connectivity index (χ4n) is 3.20. The Labute approximate surface area is 122 Å². The molecule has 106 valence electrons. The molecule has 1 fully saturated rings. The van der Waals surface area contributed by atoms with E-state index in [0.29, 0.717) is 6.04 Å². The van der Waals surface area contributed by atoms with Crippen molar-refractivity contribution in [3.8, 4) is 0 Å². The first-order valence-electron chi connectivity index (χ1n) is 7.56. The molecule has 1 aliphatic carbocycles. The lowest BCUT2D eigenvalue weighted by Crippen LogP contribution is -2.38. The van der Waals surface area contributed by atoms with Gasteiger partial charge in [-0.3, -0.25) is 0 Å². The maximum absolute atomic E-state index is 3.56. The highest BCUT2D eigenvalue weighted by atomic mass is 32.2. The highest BCUT2D eigenvalue weighted by Gasteiger charge is 2.25. The van der Waals surface area contributed by atoms with Gasteiger partial charge in [0.2, 0.25) is 0 Å². The molecule has 0 heterocycles. The summed E-state index contributed by atoms with van der Waals surface area (Å²) in [5, 5.41) is 3.56. The van der Waals surface area contributed by atoms with Gasteiger partial charge in [0.05, 0.1) is 0 Å². The quantitative estimate of drug-likeness (QED) is 0.795. The Bertz CT molecular complexity index is 391. The lowest BCUT2D eigenvalue weighted by Gasteiger charge is -2.33. The molecule has 0 radical (unpaired) electrons. The first kappa shape index (κ1) is 14.9. The van der Waals surface area contributed by atoms with Crippen LogP contribution in [0, 0.1) is 18.8 Å². The first-order chi connectivity index (χ1) is 9.20. The van der Waals surface area contributed by atoms with Crippen LogP contribution >= 0.6 is 11.8 Å². The lowest BCUT2D eigenvalue weighted by atomic mass is 9.79. The van der Waals surface area contributed by atoms with Gasteiger partial charge in [0.25, 0.3) is 0 Å². The van der Waals surface area contributed by atoms with Crippen molar-refractivity contribution in [2.24, 2.45) is 11.8 Å². The average molecular weight is 277 g/mol. The summed E-state index contributed by atoms with van der Waals surface area (Å²) in [5.41, 5.74) is 1.40. The standard InChI is InChI=1S/C17H27NS/c1-13-7-6-9-15(11-13)16(18-3)12-19-17-10-5-4-8-14(17)2/h4-5,8,10,13,15-16,18H,6-7,9,11-12H2,1-3H3. The number of nitrogens with one attached hydrogen (secondary N) is 1. The SMILES string of the molecule is CNC(CSc1ccccc1C)C1CCCC(C)C1. The normalized spacial score (nSPS) is 25.2. The van der Waals surface area contributed by atoms with E-state index in [4.69, 9.17) is 0 Å². The molecule has 0 bridgehead atoms. The van der Waals surface area contributed by atoms with Gasteiger partial charge < -0.3 is 5.32 Å². The third-order valence-electron chi connectivity index (χ3n) is 4.43. The highest BCUT2D eigenvalue weighted by molar-refractivity contribution is 7.99. The molecule has 0 saturated heterocycles. The summed E-state index contributed by atoms with van der Waals surface area (Å²) < 4.78 is 0. The van der Waals surface area contributed by atoms with Gasteiger partial charge in [-0.15, -0.1) is 11.8 Å². The first-order valence-corrected chi connectivity index (χ1v) is 8.55. The fraction of sp³-hybridized carbons (Fsp3) is 0.647. The van der Waals surface area contributed by atoms with Crippen LogP contribution in [0.25, 0.3) is 0 Å². The summed E-state index contributed by atoms with van der Waals surface area (Å²) in [7, 11) is 2.13. The van der Waals surface area contributed by atoms with Crippen LogP contribution in [0.1, 0.15) is 38.2 Å². The lowest BCUT2D eigenvalue weighted by molar-refractivity contribution is 0.240. The van der Waals surface area contributed by atoms with Gasteiger partial charge in [-0.2, -0.15) is 0 Å². The largest absolute Gasteiger partial charge is 0.316 e. The molecule has 1 aromatic rings. The van der Waals surface area contributed by atoms with Crippen molar-refractivity contribution in [3.05, 3.63) is 29.8 Å². The van der Waals surface area contributed by atoms with Crippen molar-refractivity contribution in [3.63, 3.8) is 0 Å². The summed E-state index contributed by atoms with van der Waals surface area (Å²) in [6.07, 6.45) is 5.65. The van der Waals surface area contributed by atoms with Crippen molar-refractivity contribution in [1.29, 1.82) is 0 Å². The fourth-order valence-corrected chi connectivity index (χ4v) is 4.47. The number of thioether (sulfide) groups is 1. The van der Waals surface area contributed by atoms with Gasteiger partial charge in [0, 0.05) is 16.7 Å². The summed E-state index contributed by atoms with van der Waals surface area (Å²) in [4.78, 5) is 1.44. The third-order valence-corrected chi connectivity index (χ3v) is 5.72. The van der Waals surface area contributed by atoms with E-state index < -0.39 is 0 Å². The second kappa shape index (κ2) is 7.35. The monoisotopic (exact) mass is 277 g/mol. The van der Waals surface area contributed by atoms with Gasteiger partial charge in [-0.05, 0) is 50.3 Å². The Kier molecular flexibility index (Phi) is 5.77. The van der Waals surface area contributed by atoms with Crippen LogP contribution in [0.5, 0.6) is 0 Å². The van der Waals surface area contributed by atoms with Crippen molar-refractivity contribution in [2.45, 2.75) is 50.5 Å². The second-order valence-corrected chi connectivity index (χ2v) is 7.07. The van der Waals surface area contributed by atoms with E-state index in [-0.39, 0.29) is 0 Å². The van der Waals surface area contributed by atoms with Crippen molar-refractivity contribution in [1.82, 2.24) is 5.32 Å². The van der Waals surface area contributed by atoms with Gasteiger partial charge in [-0.1, -0.05) is 38.0 Å². The predicted molar refractivity (Wildman–Crippen MR) is 85.9 cm³/mol. The molecule has 1 aromatic carbocycles. The van der Waals surface area contributed by atoms with E-state index in [9.17, 15) is 0 Å². The molecule has 3 atom stereocenters. The molecule has 1 nitrogen and oxygen atoms in total. The summed E-state index contributed by atoms with van der Waals surface area (Å²) in [6.45, 7) is 4.62. The van der Waals surface area contributed by atoms with Gasteiger partial charge >= 0.3 is 0 Å². The molecule has 0 aliphatic heterocycles. The van der Waals surface area contributed by atoms with Crippen LogP contribution in [0.3, 0.4) is 0 Å². The molecule has 0 aromatic heterocycles. The van der Waals surface area contributed by atoms with E-state index in [1.54, 1.807) is 0 Å². The summed E-state index contributed by atoms with van der Waals surface area (Å²) >= 11 is 2.01. The summed E-state index contributed by atoms with van der Waals surface area (Å²) in [6, 6.07) is 9.38. The number of benzene rings is 1. The maximum atomic E-state index is 3.56. The number of aryl methyl sites for hydroxylation is 1. The molecule has 3 unspecified atom stereocenters. The van der Waals surface area contributed by atoms with Gasteiger partial charge in [-0.25, -0.2) is 0 Å². The molecule has 2 rings (SSSR count). The van der Waals surface area contributed by atoms with Crippen molar-refractivity contribution >= 4 is 11.8 Å². The molecular formula is C17H27NS. The van der Waals surface area contributed by atoms with Crippen molar-refractivity contribution < 1.29 is 0 Å². The van der Waals surface area contributed by atoms with E-state index >= 15 is 0 Å². The number of hydrogen-bond acceptors (Lipinski definition) is 2. The zero-order valence-electron chi connectivity index (χ0n) is 12.5. The minimum Gasteiger partial charge on any atom is -0.316 e. The predicted octanol–water partition coefficient (Wildman–Crippen LogP) is 4.50. The zero-order valence-corrected chi connectivity index (χ0v) is 13.3. The molecule has 0 amide bonds. The van der Waals surface area contributed by atoms with Crippen LogP contribution < -0.4 is 5.32 Å². The minimum absolute atomic E-state index is 0.660. The van der Waals surface area contributed by atoms with E-state index in [1.807, 2.05) is 11.8 Å². The Hall–Kier alpha value is -0.470. The van der Waals surface area contributed by atoms with Crippen LogP contribution in [0.15, 0.2) is 29.2 Å². The van der Waals surface area contributed by atoms with Gasteiger partial charge in [0.1, 0.15) is 0 Å². The second-order valence-electron chi connectivity index (χ2n) is 6.00. The van der Waals surface area contributed by atoms with Crippen LogP contribution in [-0.4, -0.2) is 18.8 Å². The van der Waals surface area contributed by atoms with Crippen molar-refractivity contribution in [2.75, 3.05) is 12.8 Å². The molecular weight excluding hydrogens is 250 g/mol. The van der Waals surface area contributed by atoms with Crippen LogP contribution in [0.2, 0.25) is 0 Å². The zero-order chi connectivity index (χ0) is 13.7. The Morgan fingerprint density at radius 2 is 2.11 bits per heavy atom.